The van der Waals surface area contributed by atoms with Crippen molar-refractivity contribution in [3.63, 3.8) is 0 Å². The summed E-state index contributed by atoms with van der Waals surface area (Å²) in [6.07, 6.45) is 3.20. The topological polar surface area (TPSA) is 63.4 Å². The predicted octanol–water partition coefficient (Wildman–Crippen LogP) is 0.338. The second kappa shape index (κ2) is 5.98. The molecule has 1 saturated heterocycles. The Kier molecular flexibility index (Phi) is 5.21. The Balaban J connectivity index is 2.25. The highest BCUT2D eigenvalue weighted by molar-refractivity contribution is 7.90. The van der Waals surface area contributed by atoms with Crippen LogP contribution < -0.4 is 5.73 Å². The largest absolute Gasteiger partial charge is 0.330 e. The fraction of sp³-hybridized carbons (Fsp3) is 1.00. The van der Waals surface area contributed by atoms with E-state index in [0.717, 1.165) is 39.0 Å². The Morgan fingerprint density at radius 3 is 2.62 bits per heavy atom. The molecule has 0 aromatic carbocycles. The number of sulfone groups is 1. The van der Waals surface area contributed by atoms with Crippen LogP contribution in [0.25, 0.3) is 0 Å². The molecule has 1 aliphatic rings. The maximum Gasteiger partial charge on any atom is 0.147 e. The predicted molar refractivity (Wildman–Crippen MR) is 67.1 cm³/mol. The lowest BCUT2D eigenvalue weighted by Gasteiger charge is -2.36. The molecule has 0 saturated carbocycles. The molecular weight excluding hydrogens is 224 g/mol. The summed E-state index contributed by atoms with van der Waals surface area (Å²) < 4.78 is 22.0. The summed E-state index contributed by atoms with van der Waals surface area (Å²) in [5.41, 5.74) is 5.70. The minimum Gasteiger partial charge on any atom is -0.330 e. The van der Waals surface area contributed by atoms with Gasteiger partial charge in [0.25, 0.3) is 0 Å². The van der Waals surface area contributed by atoms with E-state index in [2.05, 4.69) is 11.8 Å². The van der Waals surface area contributed by atoms with E-state index in [9.17, 15) is 8.42 Å². The molecule has 0 bridgehead atoms. The summed E-state index contributed by atoms with van der Waals surface area (Å²) >= 11 is 0. The summed E-state index contributed by atoms with van der Waals surface area (Å²) in [5, 5.41) is 0. The first-order chi connectivity index (χ1) is 7.42. The lowest BCUT2D eigenvalue weighted by atomic mass is 9.87. The number of piperidine rings is 1. The quantitative estimate of drug-likeness (QED) is 0.762. The summed E-state index contributed by atoms with van der Waals surface area (Å²) in [5.74, 6) is 1.58. The molecule has 0 radical (unpaired) electrons. The monoisotopic (exact) mass is 248 g/mol. The molecule has 1 heterocycles. The van der Waals surface area contributed by atoms with Gasteiger partial charge in [-0.25, -0.2) is 8.42 Å². The van der Waals surface area contributed by atoms with Crippen molar-refractivity contribution >= 4 is 9.84 Å². The molecule has 2 unspecified atom stereocenters. The van der Waals surface area contributed by atoms with Gasteiger partial charge in [-0.2, -0.15) is 0 Å². The molecule has 0 spiro atoms. The van der Waals surface area contributed by atoms with Gasteiger partial charge in [-0.1, -0.05) is 6.92 Å². The second-order valence-corrected chi connectivity index (χ2v) is 7.31. The summed E-state index contributed by atoms with van der Waals surface area (Å²) in [4.78, 5) is 2.36. The van der Waals surface area contributed by atoms with Gasteiger partial charge in [-0.15, -0.1) is 0 Å². The third-order valence-electron chi connectivity index (χ3n) is 3.46. The minimum absolute atomic E-state index is 0.304. The summed E-state index contributed by atoms with van der Waals surface area (Å²) in [7, 11) is -2.80. The van der Waals surface area contributed by atoms with Gasteiger partial charge >= 0.3 is 0 Å². The lowest BCUT2D eigenvalue weighted by Crippen LogP contribution is -2.42. The number of hydrogen-bond acceptors (Lipinski definition) is 4. The second-order valence-electron chi connectivity index (χ2n) is 5.05. The van der Waals surface area contributed by atoms with Crippen molar-refractivity contribution in [1.29, 1.82) is 0 Å². The third kappa shape index (κ3) is 4.80. The number of hydrogen-bond donors (Lipinski definition) is 1. The van der Waals surface area contributed by atoms with Crippen LogP contribution >= 0.6 is 0 Å². The SMILES string of the molecule is CC1CN(CCCS(C)(=O)=O)CCC1CN. The maximum absolute atomic E-state index is 11.0. The highest BCUT2D eigenvalue weighted by Gasteiger charge is 2.24. The molecule has 0 aliphatic carbocycles. The van der Waals surface area contributed by atoms with E-state index >= 15 is 0 Å². The fourth-order valence-corrected chi connectivity index (χ4v) is 3.04. The normalized spacial score (nSPS) is 28.2. The van der Waals surface area contributed by atoms with Crippen molar-refractivity contribution in [2.45, 2.75) is 19.8 Å². The van der Waals surface area contributed by atoms with Crippen molar-refractivity contribution in [2.75, 3.05) is 38.2 Å². The molecule has 4 nitrogen and oxygen atoms in total. The van der Waals surface area contributed by atoms with Crippen LogP contribution in [0.4, 0.5) is 0 Å². The van der Waals surface area contributed by atoms with E-state index in [4.69, 9.17) is 5.73 Å². The first kappa shape index (κ1) is 13.9. The van der Waals surface area contributed by atoms with E-state index in [1.807, 2.05) is 0 Å². The zero-order valence-electron chi connectivity index (χ0n) is 10.4. The van der Waals surface area contributed by atoms with Crippen LogP contribution in [0.15, 0.2) is 0 Å². The Bertz CT molecular complexity index is 303. The molecule has 96 valence electrons. The van der Waals surface area contributed by atoms with Crippen molar-refractivity contribution in [1.82, 2.24) is 4.90 Å². The Morgan fingerprint density at radius 1 is 1.44 bits per heavy atom. The molecule has 5 heteroatoms. The van der Waals surface area contributed by atoms with Crippen LogP contribution in [0.5, 0.6) is 0 Å². The molecular formula is C11H24N2O2S. The van der Waals surface area contributed by atoms with Gasteiger partial charge in [0, 0.05) is 12.8 Å². The standard InChI is InChI=1S/C11H24N2O2S/c1-10-9-13(6-4-11(10)8-12)5-3-7-16(2,14)15/h10-11H,3-9,12H2,1-2H3. The Morgan fingerprint density at radius 2 is 2.12 bits per heavy atom. The molecule has 16 heavy (non-hydrogen) atoms. The van der Waals surface area contributed by atoms with Crippen LogP contribution in [0, 0.1) is 11.8 Å². The Labute approximate surface area is 99.1 Å². The van der Waals surface area contributed by atoms with Crippen LogP contribution in [0.1, 0.15) is 19.8 Å². The average Bonchev–Trinajstić information content (AvgIpc) is 2.16. The van der Waals surface area contributed by atoms with Crippen LogP contribution in [0.2, 0.25) is 0 Å². The van der Waals surface area contributed by atoms with Crippen LogP contribution in [-0.4, -0.2) is 51.5 Å². The van der Waals surface area contributed by atoms with Crippen molar-refractivity contribution in [3.05, 3.63) is 0 Å². The average molecular weight is 248 g/mol. The van der Waals surface area contributed by atoms with Crippen molar-refractivity contribution in [2.24, 2.45) is 17.6 Å². The van der Waals surface area contributed by atoms with Crippen molar-refractivity contribution < 1.29 is 8.42 Å². The number of nitrogens with two attached hydrogens (primary N) is 1. The highest BCUT2D eigenvalue weighted by atomic mass is 32.2. The molecule has 0 aromatic rings. The van der Waals surface area contributed by atoms with Crippen LogP contribution in [-0.2, 0) is 9.84 Å². The van der Waals surface area contributed by atoms with E-state index in [1.165, 1.54) is 6.26 Å². The van der Waals surface area contributed by atoms with Crippen molar-refractivity contribution in [3.8, 4) is 0 Å². The first-order valence-corrected chi connectivity index (χ1v) is 8.08. The summed E-state index contributed by atoms with van der Waals surface area (Å²) in [6, 6.07) is 0. The van der Waals surface area contributed by atoms with E-state index < -0.39 is 9.84 Å². The van der Waals surface area contributed by atoms with Gasteiger partial charge in [-0.3, -0.25) is 0 Å². The van der Waals surface area contributed by atoms with Gasteiger partial charge in [0.1, 0.15) is 9.84 Å². The Hall–Kier alpha value is -0.130. The zero-order chi connectivity index (χ0) is 12.2. The third-order valence-corrected chi connectivity index (χ3v) is 4.49. The molecule has 1 rings (SSSR count). The van der Waals surface area contributed by atoms with Gasteiger partial charge in [0.15, 0.2) is 0 Å². The molecule has 1 fully saturated rings. The minimum atomic E-state index is -2.80. The highest BCUT2D eigenvalue weighted by Crippen LogP contribution is 2.22. The molecule has 2 atom stereocenters. The molecule has 1 aliphatic heterocycles. The first-order valence-electron chi connectivity index (χ1n) is 6.02. The fourth-order valence-electron chi connectivity index (χ4n) is 2.38. The van der Waals surface area contributed by atoms with Crippen LogP contribution in [0.3, 0.4) is 0 Å². The smallest absolute Gasteiger partial charge is 0.147 e. The maximum atomic E-state index is 11.0. The van der Waals surface area contributed by atoms with E-state index in [0.29, 0.717) is 17.6 Å². The van der Waals surface area contributed by atoms with Gasteiger partial charge in [0.2, 0.25) is 0 Å². The number of nitrogens with zero attached hydrogens (tertiary/aromatic N) is 1. The molecule has 0 amide bonds. The number of rotatable bonds is 5. The zero-order valence-corrected chi connectivity index (χ0v) is 11.2. The number of likely N-dealkylation sites (tertiary alicyclic amines) is 1. The van der Waals surface area contributed by atoms with E-state index in [-0.39, 0.29) is 0 Å². The van der Waals surface area contributed by atoms with E-state index in [1.54, 1.807) is 0 Å². The summed E-state index contributed by atoms with van der Waals surface area (Å²) in [6.45, 7) is 6.04. The van der Waals surface area contributed by atoms with Gasteiger partial charge < -0.3 is 10.6 Å². The van der Waals surface area contributed by atoms with Gasteiger partial charge in [0.05, 0.1) is 5.75 Å². The lowest BCUT2D eigenvalue weighted by molar-refractivity contribution is 0.133. The molecule has 0 aromatic heterocycles. The van der Waals surface area contributed by atoms with Gasteiger partial charge in [-0.05, 0) is 44.3 Å². The molecule has 2 N–H and O–H groups in total.